The molecule has 0 amide bonds. The first-order chi connectivity index (χ1) is 9.76. The van der Waals surface area contributed by atoms with Crippen LogP contribution in [0, 0.1) is 5.92 Å². The molecule has 0 heterocycles. The Labute approximate surface area is 135 Å². The van der Waals surface area contributed by atoms with Crippen LogP contribution in [-0.2, 0) is 17.1 Å². The van der Waals surface area contributed by atoms with E-state index >= 15 is 0 Å². The van der Waals surface area contributed by atoms with Gasteiger partial charge in [0.25, 0.3) is 0 Å². The monoisotopic (exact) mass is 384 g/mol. The van der Waals surface area contributed by atoms with E-state index in [0.717, 1.165) is 0 Å². The molecular weight excluding hydrogens is 380 g/mol. The number of hydrogen-bond acceptors (Lipinski definition) is 1. The number of hydrogen-bond donors (Lipinski definition) is 0. The number of benzene rings is 1. The van der Waals surface area contributed by atoms with E-state index < -0.39 is 50.5 Å². The van der Waals surface area contributed by atoms with E-state index in [1.807, 2.05) is 0 Å². The van der Waals surface area contributed by atoms with Crippen molar-refractivity contribution in [2.75, 3.05) is 0 Å². The Balaban J connectivity index is 2.56. The number of rotatable bonds is 2. The Hall–Kier alpha value is -0.660. The van der Waals surface area contributed by atoms with Gasteiger partial charge in [-0.15, -0.1) is 23.2 Å². The summed E-state index contributed by atoms with van der Waals surface area (Å²) in [4.78, 5) is 11.1. The lowest BCUT2D eigenvalue weighted by molar-refractivity contribution is -0.143. The van der Waals surface area contributed by atoms with Crippen LogP contribution in [0.3, 0.4) is 0 Å². The van der Waals surface area contributed by atoms with E-state index in [0.29, 0.717) is 12.1 Å². The predicted octanol–water partition coefficient (Wildman–Crippen LogP) is 5.38. The Kier molecular flexibility index (Phi) is 4.16. The smallest absolute Gasteiger partial charge is 0.281 e. The molecule has 1 aliphatic carbocycles. The van der Waals surface area contributed by atoms with Gasteiger partial charge in [0.2, 0.25) is 5.24 Å². The molecule has 1 aromatic carbocycles. The predicted molar refractivity (Wildman–Crippen MR) is 68.0 cm³/mol. The molecule has 0 aromatic heterocycles. The first kappa shape index (κ1) is 17.7. The maximum atomic E-state index is 12.7. The van der Waals surface area contributed by atoms with Crippen LogP contribution < -0.4 is 0 Å². The molecule has 1 nitrogen and oxygen atoms in total. The quantitative estimate of drug-likeness (QED) is 0.380. The summed E-state index contributed by atoms with van der Waals surface area (Å²) in [7, 11) is 0. The summed E-state index contributed by atoms with van der Waals surface area (Å²) in [5.41, 5.74) is -3.45. The maximum absolute atomic E-state index is 12.7. The molecule has 0 N–H and O–H groups in total. The van der Waals surface area contributed by atoms with Gasteiger partial charge in [0, 0.05) is 5.92 Å². The highest BCUT2D eigenvalue weighted by molar-refractivity contribution is 6.68. The zero-order valence-electron chi connectivity index (χ0n) is 10.2. The fourth-order valence-corrected chi connectivity index (χ4v) is 3.42. The van der Waals surface area contributed by atoms with Gasteiger partial charge in [-0.05, 0) is 35.4 Å². The molecule has 1 aliphatic rings. The average molecular weight is 386 g/mol. The molecule has 0 aliphatic heterocycles. The zero-order valence-corrected chi connectivity index (χ0v) is 12.5. The summed E-state index contributed by atoms with van der Waals surface area (Å²) in [5.74, 6) is -2.49. The van der Waals surface area contributed by atoms with Crippen LogP contribution in [0.5, 0.6) is 0 Å². The van der Waals surface area contributed by atoms with Gasteiger partial charge in [-0.1, -0.05) is 0 Å². The van der Waals surface area contributed by atoms with Crippen LogP contribution in [0.15, 0.2) is 18.2 Å². The van der Waals surface area contributed by atoms with Gasteiger partial charge in [0.05, 0.1) is 17.0 Å². The minimum Gasteiger partial charge on any atom is -0.281 e. The van der Waals surface area contributed by atoms with Crippen molar-refractivity contribution in [1.29, 1.82) is 0 Å². The second-order valence-electron chi connectivity index (χ2n) is 4.77. The van der Waals surface area contributed by atoms with Gasteiger partial charge in [-0.25, -0.2) is 0 Å². The third kappa shape index (κ3) is 3.16. The minimum absolute atomic E-state index is 0.0203. The van der Waals surface area contributed by atoms with Gasteiger partial charge in [-0.3, -0.25) is 4.79 Å². The highest BCUT2D eigenvalue weighted by atomic mass is 35.5. The van der Waals surface area contributed by atoms with E-state index in [4.69, 9.17) is 34.8 Å². The number of alkyl halides is 8. The lowest BCUT2D eigenvalue weighted by Gasteiger charge is -2.14. The van der Waals surface area contributed by atoms with Gasteiger partial charge < -0.3 is 0 Å². The molecule has 2 atom stereocenters. The van der Waals surface area contributed by atoms with E-state index in [-0.39, 0.29) is 6.07 Å². The van der Waals surface area contributed by atoms with Crippen LogP contribution in [-0.4, -0.2) is 9.58 Å². The van der Waals surface area contributed by atoms with E-state index in [2.05, 4.69) is 0 Å². The number of carbonyl (C=O) groups is 1. The lowest BCUT2D eigenvalue weighted by Crippen LogP contribution is -2.12. The Morgan fingerprint density at radius 3 is 1.64 bits per heavy atom. The molecule has 0 bridgehead atoms. The van der Waals surface area contributed by atoms with Crippen molar-refractivity contribution in [2.24, 2.45) is 5.92 Å². The topological polar surface area (TPSA) is 17.1 Å². The molecule has 1 fully saturated rings. The summed E-state index contributed by atoms with van der Waals surface area (Å²) in [5, 5.41) is -1.03. The SMILES string of the molecule is O=C(Cl)C1[C@H](c2cc(C(F)(F)F)cc(C(F)(F)F)c2)C1(Cl)Cl. The Bertz CT molecular complexity index is 590. The summed E-state index contributed by atoms with van der Waals surface area (Å²) in [6.45, 7) is 0. The Morgan fingerprint density at radius 2 is 1.36 bits per heavy atom. The molecule has 10 heteroatoms. The second kappa shape index (κ2) is 5.18. The zero-order chi connectivity index (χ0) is 17.1. The second-order valence-corrected chi connectivity index (χ2v) is 6.59. The molecule has 1 saturated carbocycles. The van der Waals surface area contributed by atoms with Crippen molar-refractivity contribution in [3.05, 3.63) is 34.9 Å². The molecular formula is C12H5Cl3F6O. The van der Waals surface area contributed by atoms with Crippen molar-refractivity contribution in [2.45, 2.75) is 22.6 Å². The van der Waals surface area contributed by atoms with Crippen LogP contribution in [0.4, 0.5) is 26.3 Å². The van der Waals surface area contributed by atoms with Crippen LogP contribution in [0.1, 0.15) is 22.6 Å². The van der Waals surface area contributed by atoms with E-state index in [1.165, 1.54) is 0 Å². The maximum Gasteiger partial charge on any atom is 0.416 e. The van der Waals surface area contributed by atoms with Crippen molar-refractivity contribution in [1.82, 2.24) is 0 Å². The summed E-state index contributed by atoms with van der Waals surface area (Å²) in [6, 6.07) is 0.950. The first-order valence-electron chi connectivity index (χ1n) is 5.63. The third-order valence-electron chi connectivity index (χ3n) is 3.27. The fraction of sp³-hybridized carbons (Fsp3) is 0.417. The lowest BCUT2D eigenvalue weighted by atomic mass is 10.0. The molecule has 0 spiro atoms. The molecule has 22 heavy (non-hydrogen) atoms. The van der Waals surface area contributed by atoms with Crippen LogP contribution in [0.2, 0.25) is 0 Å². The standard InChI is InChI=1S/C12H5Cl3F6O/c13-9(22)8-7(10(8,14)15)4-1-5(11(16,17)18)3-6(2-4)12(19,20)21/h1-3,7-8H/t7-,8?/m0/s1. The van der Waals surface area contributed by atoms with Gasteiger partial charge in [0.1, 0.15) is 4.33 Å². The highest BCUT2D eigenvalue weighted by Crippen LogP contribution is 2.66. The molecule has 0 radical (unpaired) electrons. The van der Waals surface area contributed by atoms with Crippen LogP contribution in [0.25, 0.3) is 0 Å². The van der Waals surface area contributed by atoms with Gasteiger partial charge in [-0.2, -0.15) is 26.3 Å². The molecule has 2 rings (SSSR count). The van der Waals surface area contributed by atoms with Crippen molar-refractivity contribution in [3.63, 3.8) is 0 Å². The summed E-state index contributed by atoms with van der Waals surface area (Å²) in [6.07, 6.45) is -9.99. The number of carbonyl (C=O) groups excluding carboxylic acids is 1. The highest BCUT2D eigenvalue weighted by Gasteiger charge is 2.67. The summed E-state index contributed by atoms with van der Waals surface area (Å²) < 4.78 is 74.6. The van der Waals surface area contributed by atoms with E-state index in [9.17, 15) is 31.1 Å². The molecule has 122 valence electrons. The first-order valence-corrected chi connectivity index (χ1v) is 6.76. The average Bonchev–Trinajstić information content (AvgIpc) is 2.89. The normalized spacial score (nSPS) is 24.2. The van der Waals surface area contributed by atoms with Crippen LogP contribution >= 0.6 is 34.8 Å². The largest absolute Gasteiger partial charge is 0.416 e. The minimum atomic E-state index is -4.99. The number of halogens is 9. The van der Waals surface area contributed by atoms with Gasteiger partial charge >= 0.3 is 12.4 Å². The van der Waals surface area contributed by atoms with Gasteiger partial charge in [0.15, 0.2) is 0 Å². The van der Waals surface area contributed by atoms with Crippen molar-refractivity contribution < 1.29 is 31.1 Å². The fourth-order valence-electron chi connectivity index (χ4n) is 2.18. The van der Waals surface area contributed by atoms with E-state index in [1.54, 1.807) is 0 Å². The third-order valence-corrected chi connectivity index (χ3v) is 4.44. The molecule has 0 saturated heterocycles. The molecule has 1 unspecified atom stereocenters. The van der Waals surface area contributed by atoms with Crippen molar-refractivity contribution in [3.8, 4) is 0 Å². The molecule has 1 aromatic rings. The van der Waals surface area contributed by atoms with Crippen molar-refractivity contribution >= 4 is 40.0 Å². The summed E-state index contributed by atoms with van der Waals surface area (Å²) >= 11 is 16.7. The Morgan fingerprint density at radius 1 is 0.955 bits per heavy atom.